The van der Waals surface area contributed by atoms with Crippen molar-refractivity contribution in [2.75, 3.05) is 26.3 Å². The van der Waals surface area contributed by atoms with E-state index in [1.54, 1.807) is 0 Å². The Bertz CT molecular complexity index is 389. The molecule has 1 aliphatic rings. The number of carbonyl (C=O) groups is 1. The maximum absolute atomic E-state index is 11.6. The molecule has 2 N–H and O–H groups in total. The second-order valence-electron chi connectivity index (χ2n) is 5.26. The van der Waals surface area contributed by atoms with E-state index in [0.717, 1.165) is 45.4 Å². The van der Waals surface area contributed by atoms with Gasteiger partial charge in [-0.05, 0) is 37.2 Å². The van der Waals surface area contributed by atoms with Crippen LogP contribution in [0.15, 0.2) is 30.3 Å². The van der Waals surface area contributed by atoms with Gasteiger partial charge in [-0.2, -0.15) is 0 Å². The molecule has 0 radical (unpaired) electrons. The first-order valence-electron chi connectivity index (χ1n) is 7.48. The molecule has 1 aromatic carbocycles. The lowest BCUT2D eigenvalue weighted by Crippen LogP contribution is -2.37. The lowest BCUT2D eigenvalue weighted by Gasteiger charge is -2.21. The molecular weight excluding hydrogens is 252 g/mol. The van der Waals surface area contributed by atoms with E-state index in [9.17, 15) is 4.79 Å². The molecule has 4 nitrogen and oxygen atoms in total. The molecular formula is C16H24N2O2. The van der Waals surface area contributed by atoms with Gasteiger partial charge < -0.3 is 15.4 Å². The minimum absolute atomic E-state index is 0.0620. The molecule has 1 saturated heterocycles. The largest absolute Gasteiger partial charge is 0.381 e. The number of hydrogen-bond acceptors (Lipinski definition) is 2. The molecule has 2 amide bonds. The van der Waals surface area contributed by atoms with Gasteiger partial charge in [-0.25, -0.2) is 4.79 Å². The summed E-state index contributed by atoms with van der Waals surface area (Å²) in [5, 5.41) is 5.82. The van der Waals surface area contributed by atoms with Crippen molar-refractivity contribution in [1.82, 2.24) is 10.6 Å². The number of benzene rings is 1. The van der Waals surface area contributed by atoms with E-state index < -0.39 is 0 Å². The highest BCUT2D eigenvalue weighted by atomic mass is 16.5. The van der Waals surface area contributed by atoms with Gasteiger partial charge >= 0.3 is 6.03 Å². The third-order valence-corrected chi connectivity index (χ3v) is 3.72. The minimum atomic E-state index is -0.0620. The first-order chi connectivity index (χ1) is 9.84. The maximum atomic E-state index is 11.6. The van der Waals surface area contributed by atoms with Crippen LogP contribution < -0.4 is 10.6 Å². The summed E-state index contributed by atoms with van der Waals surface area (Å²) in [6.45, 7) is 3.16. The monoisotopic (exact) mass is 276 g/mol. The molecule has 0 aliphatic carbocycles. The van der Waals surface area contributed by atoms with Crippen molar-refractivity contribution in [3.8, 4) is 0 Å². The summed E-state index contributed by atoms with van der Waals surface area (Å²) in [5.41, 5.74) is 1.25. The molecule has 20 heavy (non-hydrogen) atoms. The summed E-state index contributed by atoms with van der Waals surface area (Å²) < 4.78 is 5.32. The Morgan fingerprint density at radius 1 is 1.10 bits per heavy atom. The molecule has 4 heteroatoms. The van der Waals surface area contributed by atoms with Crippen molar-refractivity contribution in [2.24, 2.45) is 5.92 Å². The Labute approximate surface area is 120 Å². The zero-order valence-corrected chi connectivity index (χ0v) is 11.9. The van der Waals surface area contributed by atoms with Crippen LogP contribution in [0.25, 0.3) is 0 Å². The van der Waals surface area contributed by atoms with Gasteiger partial charge in [-0.1, -0.05) is 30.3 Å². The van der Waals surface area contributed by atoms with Gasteiger partial charge in [-0.3, -0.25) is 0 Å². The summed E-state index contributed by atoms with van der Waals surface area (Å²) in [5.74, 6) is 0.702. The fourth-order valence-corrected chi connectivity index (χ4v) is 2.45. The summed E-state index contributed by atoms with van der Waals surface area (Å²) in [6.07, 6.45) is 4.16. The average Bonchev–Trinajstić information content (AvgIpc) is 2.49. The summed E-state index contributed by atoms with van der Waals surface area (Å²) in [7, 11) is 0. The van der Waals surface area contributed by atoms with E-state index in [-0.39, 0.29) is 6.03 Å². The Kier molecular flexibility index (Phi) is 6.38. The number of rotatable bonds is 6. The van der Waals surface area contributed by atoms with Crippen LogP contribution in [0, 0.1) is 5.92 Å². The van der Waals surface area contributed by atoms with Gasteiger partial charge in [0.25, 0.3) is 0 Å². The topological polar surface area (TPSA) is 50.4 Å². The zero-order valence-electron chi connectivity index (χ0n) is 11.9. The highest BCUT2D eigenvalue weighted by molar-refractivity contribution is 5.73. The van der Waals surface area contributed by atoms with Crippen molar-refractivity contribution in [3.05, 3.63) is 35.9 Å². The highest BCUT2D eigenvalue weighted by Gasteiger charge is 2.13. The molecule has 0 spiro atoms. The Morgan fingerprint density at radius 2 is 1.80 bits per heavy atom. The Balaban J connectivity index is 1.52. The van der Waals surface area contributed by atoms with E-state index in [4.69, 9.17) is 4.74 Å². The fraction of sp³-hybridized carbons (Fsp3) is 0.562. The molecule has 2 rings (SSSR count). The van der Waals surface area contributed by atoms with E-state index in [0.29, 0.717) is 12.5 Å². The predicted octanol–water partition coefficient (Wildman–Crippen LogP) is 2.35. The molecule has 1 heterocycles. The third-order valence-electron chi connectivity index (χ3n) is 3.72. The number of hydrogen-bond donors (Lipinski definition) is 2. The number of urea groups is 1. The molecule has 0 saturated carbocycles. The minimum Gasteiger partial charge on any atom is -0.381 e. The zero-order chi connectivity index (χ0) is 14.0. The van der Waals surface area contributed by atoms with Gasteiger partial charge in [-0.15, -0.1) is 0 Å². The standard InChI is InChI=1S/C16H24N2O2/c19-16(17-10-6-14-4-2-1-3-5-14)18-11-7-15-8-12-20-13-9-15/h1-5,15H,6-13H2,(H2,17,18,19). The Morgan fingerprint density at radius 3 is 2.55 bits per heavy atom. The quantitative estimate of drug-likeness (QED) is 0.838. The van der Waals surface area contributed by atoms with Gasteiger partial charge in [0.05, 0.1) is 0 Å². The van der Waals surface area contributed by atoms with E-state index in [1.807, 2.05) is 18.2 Å². The Hall–Kier alpha value is -1.55. The molecule has 1 aliphatic heterocycles. The third kappa shape index (κ3) is 5.61. The number of amides is 2. The first kappa shape index (κ1) is 14.9. The van der Waals surface area contributed by atoms with Gasteiger partial charge in [0.15, 0.2) is 0 Å². The van der Waals surface area contributed by atoms with Gasteiger partial charge in [0.2, 0.25) is 0 Å². The second-order valence-corrected chi connectivity index (χ2v) is 5.26. The van der Waals surface area contributed by atoms with Gasteiger partial charge in [0, 0.05) is 26.3 Å². The summed E-state index contributed by atoms with van der Waals surface area (Å²) in [4.78, 5) is 11.6. The van der Waals surface area contributed by atoms with Crippen molar-refractivity contribution < 1.29 is 9.53 Å². The van der Waals surface area contributed by atoms with Crippen LogP contribution in [0.4, 0.5) is 4.79 Å². The second kappa shape index (κ2) is 8.59. The number of ether oxygens (including phenoxy) is 1. The van der Waals surface area contributed by atoms with E-state index in [1.165, 1.54) is 5.56 Å². The van der Waals surface area contributed by atoms with Crippen LogP contribution in [-0.4, -0.2) is 32.3 Å². The van der Waals surface area contributed by atoms with Crippen LogP contribution in [0.3, 0.4) is 0 Å². The van der Waals surface area contributed by atoms with Crippen LogP contribution in [0.5, 0.6) is 0 Å². The molecule has 0 aromatic heterocycles. The van der Waals surface area contributed by atoms with Gasteiger partial charge in [0.1, 0.15) is 0 Å². The van der Waals surface area contributed by atoms with Crippen LogP contribution >= 0.6 is 0 Å². The van der Waals surface area contributed by atoms with Crippen molar-refractivity contribution >= 4 is 6.03 Å². The fourth-order valence-electron chi connectivity index (χ4n) is 2.45. The molecule has 0 atom stereocenters. The molecule has 0 unspecified atom stereocenters. The maximum Gasteiger partial charge on any atom is 0.314 e. The van der Waals surface area contributed by atoms with Crippen LogP contribution in [-0.2, 0) is 11.2 Å². The van der Waals surface area contributed by atoms with Crippen molar-refractivity contribution in [3.63, 3.8) is 0 Å². The highest BCUT2D eigenvalue weighted by Crippen LogP contribution is 2.17. The van der Waals surface area contributed by atoms with E-state index in [2.05, 4.69) is 22.8 Å². The normalized spacial score (nSPS) is 15.8. The SMILES string of the molecule is O=C(NCCc1ccccc1)NCCC1CCOCC1. The van der Waals surface area contributed by atoms with Crippen molar-refractivity contribution in [2.45, 2.75) is 25.7 Å². The lowest BCUT2D eigenvalue weighted by atomic mass is 9.97. The number of carbonyl (C=O) groups excluding carboxylic acids is 1. The average molecular weight is 276 g/mol. The number of nitrogens with one attached hydrogen (secondary N) is 2. The van der Waals surface area contributed by atoms with Crippen molar-refractivity contribution in [1.29, 1.82) is 0 Å². The van der Waals surface area contributed by atoms with Crippen LogP contribution in [0.1, 0.15) is 24.8 Å². The first-order valence-corrected chi connectivity index (χ1v) is 7.48. The lowest BCUT2D eigenvalue weighted by molar-refractivity contribution is 0.0642. The molecule has 1 fully saturated rings. The smallest absolute Gasteiger partial charge is 0.314 e. The predicted molar refractivity (Wildman–Crippen MR) is 79.7 cm³/mol. The van der Waals surface area contributed by atoms with E-state index >= 15 is 0 Å². The molecule has 110 valence electrons. The van der Waals surface area contributed by atoms with Crippen LogP contribution in [0.2, 0.25) is 0 Å². The summed E-state index contributed by atoms with van der Waals surface area (Å²) in [6, 6.07) is 10.1. The molecule has 0 bridgehead atoms. The summed E-state index contributed by atoms with van der Waals surface area (Å²) >= 11 is 0. The molecule has 1 aromatic rings.